The Morgan fingerprint density at radius 1 is 1.15 bits per heavy atom. The third-order valence-corrected chi connectivity index (χ3v) is 2.28. The lowest BCUT2D eigenvalue weighted by Crippen LogP contribution is -2.35. The van der Waals surface area contributed by atoms with Crippen molar-refractivity contribution in [3.63, 3.8) is 0 Å². The molecule has 0 aromatic heterocycles. The highest BCUT2D eigenvalue weighted by Gasteiger charge is 2.26. The molecule has 0 rings (SSSR count). The smallest absolute Gasteiger partial charge is 0.126 e. The lowest BCUT2D eigenvalue weighted by Gasteiger charge is -2.28. The van der Waals surface area contributed by atoms with Gasteiger partial charge in [-0.15, -0.1) is 0 Å². The Bertz CT molecular complexity index is 145. The van der Waals surface area contributed by atoms with E-state index in [4.69, 9.17) is 4.74 Å². The van der Waals surface area contributed by atoms with E-state index in [0.29, 0.717) is 6.61 Å². The van der Waals surface area contributed by atoms with Gasteiger partial charge in [0.2, 0.25) is 0 Å². The third kappa shape index (κ3) is 6.03. The molecule has 0 aromatic rings. The van der Waals surface area contributed by atoms with E-state index in [0.717, 1.165) is 6.42 Å². The lowest BCUT2D eigenvalue weighted by atomic mass is 9.93. The van der Waals surface area contributed by atoms with Crippen LogP contribution >= 0.6 is 0 Å². The highest BCUT2D eigenvalue weighted by Crippen LogP contribution is 2.22. The van der Waals surface area contributed by atoms with E-state index < -0.39 is 11.8 Å². The molecule has 0 aliphatic carbocycles. The van der Waals surface area contributed by atoms with Crippen molar-refractivity contribution in [1.82, 2.24) is 0 Å². The summed E-state index contributed by atoms with van der Waals surface area (Å²) in [5.41, 5.74) is -0.388. The molecule has 0 aliphatic heterocycles. The SMILES string of the molecule is CC(F)C(C)(C)OCCC(C)(C)C. The molecule has 0 bridgehead atoms. The zero-order valence-electron chi connectivity index (χ0n) is 9.78. The molecule has 0 heterocycles. The third-order valence-electron chi connectivity index (χ3n) is 2.28. The molecule has 1 unspecified atom stereocenters. The maximum absolute atomic E-state index is 13.0. The van der Waals surface area contributed by atoms with Gasteiger partial charge in [0, 0.05) is 6.61 Å². The predicted molar refractivity (Wildman–Crippen MR) is 54.7 cm³/mol. The van der Waals surface area contributed by atoms with E-state index in [1.807, 2.05) is 0 Å². The first kappa shape index (κ1) is 12.9. The average molecular weight is 190 g/mol. The van der Waals surface area contributed by atoms with Gasteiger partial charge in [-0.25, -0.2) is 4.39 Å². The molecule has 0 N–H and O–H groups in total. The van der Waals surface area contributed by atoms with Crippen LogP contribution in [-0.4, -0.2) is 18.4 Å². The molecule has 0 fully saturated rings. The molecule has 0 spiro atoms. The van der Waals surface area contributed by atoms with Gasteiger partial charge in [0.25, 0.3) is 0 Å². The summed E-state index contributed by atoms with van der Waals surface area (Å²) in [7, 11) is 0. The summed E-state index contributed by atoms with van der Waals surface area (Å²) in [6.07, 6.45) is 0.0378. The van der Waals surface area contributed by atoms with Gasteiger partial charge >= 0.3 is 0 Å². The zero-order chi connectivity index (χ0) is 10.7. The number of rotatable bonds is 4. The topological polar surface area (TPSA) is 9.23 Å². The number of ether oxygens (including phenoxy) is 1. The molecular formula is C11H23FO. The molecule has 0 saturated carbocycles. The minimum absolute atomic E-state index is 0.260. The van der Waals surface area contributed by atoms with E-state index in [9.17, 15) is 4.39 Å². The quantitative estimate of drug-likeness (QED) is 0.658. The van der Waals surface area contributed by atoms with Gasteiger partial charge in [-0.2, -0.15) is 0 Å². The summed E-state index contributed by atoms with van der Waals surface area (Å²) in [5.74, 6) is 0. The molecule has 0 saturated heterocycles. The first-order valence-corrected chi connectivity index (χ1v) is 4.93. The summed E-state index contributed by atoms with van der Waals surface area (Å²) >= 11 is 0. The normalized spacial score (nSPS) is 15.9. The Kier molecular flexibility index (Phi) is 4.37. The number of halogens is 1. The Morgan fingerprint density at radius 3 is 1.92 bits per heavy atom. The molecule has 0 aliphatic rings. The molecule has 2 heteroatoms. The van der Waals surface area contributed by atoms with Gasteiger partial charge in [0.1, 0.15) is 6.17 Å². The molecule has 0 aromatic carbocycles. The van der Waals surface area contributed by atoms with Gasteiger partial charge in [-0.3, -0.25) is 0 Å². The van der Waals surface area contributed by atoms with Crippen molar-refractivity contribution >= 4 is 0 Å². The van der Waals surface area contributed by atoms with E-state index in [1.165, 1.54) is 6.92 Å². The Morgan fingerprint density at radius 2 is 1.62 bits per heavy atom. The van der Waals surface area contributed by atoms with E-state index in [-0.39, 0.29) is 5.41 Å². The zero-order valence-corrected chi connectivity index (χ0v) is 9.78. The van der Waals surface area contributed by atoms with Crippen molar-refractivity contribution in [1.29, 1.82) is 0 Å². The fourth-order valence-electron chi connectivity index (χ4n) is 0.735. The first-order chi connectivity index (χ1) is 5.65. The standard InChI is InChI=1S/C11H23FO/c1-9(12)11(5,6)13-8-7-10(2,3)4/h9H,7-8H2,1-6H3. The maximum Gasteiger partial charge on any atom is 0.126 e. The number of hydrogen-bond donors (Lipinski definition) is 0. The Hall–Kier alpha value is -0.110. The fourth-order valence-corrected chi connectivity index (χ4v) is 0.735. The molecule has 0 radical (unpaired) electrons. The lowest BCUT2D eigenvalue weighted by molar-refractivity contribution is -0.0719. The Balaban J connectivity index is 3.77. The minimum atomic E-state index is -0.924. The highest BCUT2D eigenvalue weighted by molar-refractivity contribution is 4.75. The van der Waals surface area contributed by atoms with E-state index in [1.54, 1.807) is 13.8 Å². The second-order valence-corrected chi connectivity index (χ2v) is 5.38. The number of alkyl halides is 1. The van der Waals surface area contributed by atoms with Crippen LogP contribution < -0.4 is 0 Å². The van der Waals surface area contributed by atoms with Crippen LogP contribution in [0, 0.1) is 5.41 Å². The summed E-state index contributed by atoms with van der Waals surface area (Å²) in [6.45, 7) is 12.2. The first-order valence-electron chi connectivity index (χ1n) is 4.93. The molecule has 1 atom stereocenters. The maximum atomic E-state index is 13.0. The predicted octanol–water partition coefficient (Wildman–Crippen LogP) is 3.58. The van der Waals surface area contributed by atoms with Crippen molar-refractivity contribution in [2.75, 3.05) is 6.61 Å². The molecule has 1 nitrogen and oxygen atoms in total. The van der Waals surface area contributed by atoms with Crippen LogP contribution in [0.4, 0.5) is 4.39 Å². The highest BCUT2D eigenvalue weighted by atomic mass is 19.1. The molecule has 0 amide bonds. The number of hydrogen-bond acceptors (Lipinski definition) is 1. The largest absolute Gasteiger partial charge is 0.373 e. The van der Waals surface area contributed by atoms with Gasteiger partial charge in [0.15, 0.2) is 0 Å². The van der Waals surface area contributed by atoms with Gasteiger partial charge in [-0.05, 0) is 32.6 Å². The van der Waals surface area contributed by atoms with Crippen molar-refractivity contribution in [3.05, 3.63) is 0 Å². The average Bonchev–Trinajstić information content (AvgIpc) is 1.82. The molecule has 13 heavy (non-hydrogen) atoms. The Labute approximate surface area is 81.7 Å². The van der Waals surface area contributed by atoms with Crippen molar-refractivity contribution in [2.24, 2.45) is 5.41 Å². The summed E-state index contributed by atoms with van der Waals surface area (Å²) < 4.78 is 18.5. The summed E-state index contributed by atoms with van der Waals surface area (Å²) in [6, 6.07) is 0. The fraction of sp³-hybridized carbons (Fsp3) is 1.00. The summed E-state index contributed by atoms with van der Waals surface area (Å²) in [5, 5.41) is 0. The summed E-state index contributed by atoms with van der Waals surface area (Å²) in [4.78, 5) is 0. The van der Waals surface area contributed by atoms with Crippen LogP contribution in [0.1, 0.15) is 48.0 Å². The van der Waals surface area contributed by atoms with Crippen molar-refractivity contribution < 1.29 is 9.13 Å². The van der Waals surface area contributed by atoms with Crippen LogP contribution in [0.2, 0.25) is 0 Å². The van der Waals surface area contributed by atoms with Crippen molar-refractivity contribution in [2.45, 2.75) is 59.7 Å². The second-order valence-electron chi connectivity index (χ2n) is 5.38. The minimum Gasteiger partial charge on any atom is -0.373 e. The molecule has 80 valence electrons. The second kappa shape index (κ2) is 4.41. The van der Waals surface area contributed by atoms with Crippen molar-refractivity contribution in [3.8, 4) is 0 Å². The van der Waals surface area contributed by atoms with E-state index in [2.05, 4.69) is 20.8 Å². The van der Waals surface area contributed by atoms with Gasteiger partial charge in [0.05, 0.1) is 5.60 Å². The monoisotopic (exact) mass is 190 g/mol. The van der Waals surface area contributed by atoms with Crippen LogP contribution in [0.15, 0.2) is 0 Å². The van der Waals surface area contributed by atoms with Crippen LogP contribution in [0.5, 0.6) is 0 Å². The van der Waals surface area contributed by atoms with Gasteiger partial charge < -0.3 is 4.74 Å². The van der Waals surface area contributed by atoms with E-state index >= 15 is 0 Å². The van der Waals surface area contributed by atoms with Gasteiger partial charge in [-0.1, -0.05) is 20.8 Å². The van der Waals surface area contributed by atoms with Crippen LogP contribution in [0.25, 0.3) is 0 Å². The molecular weight excluding hydrogens is 167 g/mol. The van der Waals surface area contributed by atoms with Crippen LogP contribution in [-0.2, 0) is 4.74 Å². The van der Waals surface area contributed by atoms with Crippen LogP contribution in [0.3, 0.4) is 0 Å².